The zero-order valence-electron chi connectivity index (χ0n) is 8.71. The maximum Gasteiger partial charge on any atom is 0.319 e. The van der Waals surface area contributed by atoms with Gasteiger partial charge in [-0.3, -0.25) is 0 Å². The van der Waals surface area contributed by atoms with E-state index in [0.717, 1.165) is 0 Å². The van der Waals surface area contributed by atoms with Crippen molar-refractivity contribution >= 4 is 6.03 Å². The number of carbonyl (C=O) groups excluding carboxylic acids is 1. The molecule has 0 atom stereocenters. The van der Waals surface area contributed by atoms with Crippen LogP contribution in [0.3, 0.4) is 0 Å². The number of carbonyl (C=O) groups is 1. The van der Waals surface area contributed by atoms with Crippen LogP contribution >= 0.6 is 0 Å². The zero-order valence-corrected chi connectivity index (χ0v) is 8.71. The summed E-state index contributed by atoms with van der Waals surface area (Å²) in [6.07, 6.45) is 6.11. The van der Waals surface area contributed by atoms with Crippen LogP contribution in [-0.2, 0) is 0 Å². The van der Waals surface area contributed by atoms with Crippen LogP contribution in [0, 0.1) is 5.92 Å². The Hall–Kier alpha value is -1.03. The van der Waals surface area contributed by atoms with Gasteiger partial charge in [-0.1, -0.05) is 6.08 Å². The molecule has 2 amide bonds. The topological polar surface area (TPSA) is 61.4 Å². The van der Waals surface area contributed by atoms with E-state index in [0.29, 0.717) is 5.92 Å². The maximum atomic E-state index is 11.2. The lowest BCUT2D eigenvalue weighted by molar-refractivity contribution is 0.183. The van der Waals surface area contributed by atoms with Crippen LogP contribution in [-0.4, -0.2) is 23.3 Å². The fourth-order valence-electron chi connectivity index (χ4n) is 0.932. The normalized spacial score (nSPS) is 17.1. The predicted octanol–water partition coefficient (Wildman–Crippen LogP) is 0.980. The first kappa shape index (κ1) is 11.0. The van der Waals surface area contributed by atoms with Crippen LogP contribution in [0.25, 0.3) is 0 Å². The minimum atomic E-state index is -0.572. The van der Waals surface area contributed by atoms with Crippen LogP contribution < -0.4 is 10.6 Å². The first-order chi connectivity index (χ1) is 6.53. The van der Waals surface area contributed by atoms with Gasteiger partial charge in [0.2, 0.25) is 0 Å². The monoisotopic (exact) mass is 198 g/mol. The Morgan fingerprint density at radius 3 is 2.71 bits per heavy atom. The lowest BCUT2D eigenvalue weighted by Crippen LogP contribution is -2.49. The molecule has 0 aromatic carbocycles. The molecule has 0 unspecified atom stereocenters. The van der Waals surface area contributed by atoms with Gasteiger partial charge in [0.1, 0.15) is 0 Å². The van der Waals surface area contributed by atoms with Crippen LogP contribution in [0.1, 0.15) is 26.7 Å². The molecule has 80 valence electrons. The Morgan fingerprint density at radius 1 is 1.57 bits per heavy atom. The molecule has 0 saturated heterocycles. The fourth-order valence-corrected chi connectivity index (χ4v) is 0.932. The second-order valence-corrected chi connectivity index (χ2v) is 4.34. The summed E-state index contributed by atoms with van der Waals surface area (Å²) >= 11 is 0. The Balaban J connectivity index is 2.20. The van der Waals surface area contributed by atoms with E-state index >= 15 is 0 Å². The van der Waals surface area contributed by atoms with Crippen molar-refractivity contribution in [2.75, 3.05) is 6.61 Å². The predicted molar refractivity (Wildman–Crippen MR) is 54.7 cm³/mol. The lowest BCUT2D eigenvalue weighted by atomic mass is 10.1. The molecule has 0 heterocycles. The quantitative estimate of drug-likeness (QED) is 0.630. The fraction of sp³-hybridized carbons (Fsp3) is 0.700. The molecular formula is C10H18N2O2. The third-order valence-corrected chi connectivity index (χ3v) is 2.05. The lowest BCUT2D eigenvalue weighted by Gasteiger charge is -2.22. The van der Waals surface area contributed by atoms with Crippen molar-refractivity contribution in [1.82, 2.24) is 10.6 Å². The molecule has 14 heavy (non-hydrogen) atoms. The molecule has 0 aromatic rings. The number of urea groups is 1. The van der Waals surface area contributed by atoms with Crippen molar-refractivity contribution < 1.29 is 9.90 Å². The van der Waals surface area contributed by atoms with Crippen LogP contribution in [0.4, 0.5) is 4.79 Å². The number of allylic oxidation sites excluding steroid dienone is 1. The maximum absolute atomic E-state index is 11.2. The molecule has 0 radical (unpaired) electrons. The van der Waals surface area contributed by atoms with Gasteiger partial charge in [-0.2, -0.15) is 0 Å². The van der Waals surface area contributed by atoms with Gasteiger partial charge in [-0.05, 0) is 32.6 Å². The van der Waals surface area contributed by atoms with E-state index in [2.05, 4.69) is 10.6 Å². The summed E-state index contributed by atoms with van der Waals surface area (Å²) in [6.45, 7) is 3.45. The van der Waals surface area contributed by atoms with E-state index in [1.165, 1.54) is 12.8 Å². The van der Waals surface area contributed by atoms with Crippen molar-refractivity contribution in [3.8, 4) is 0 Å². The van der Waals surface area contributed by atoms with Gasteiger partial charge in [0.15, 0.2) is 0 Å². The number of rotatable bonds is 4. The van der Waals surface area contributed by atoms with E-state index in [9.17, 15) is 4.79 Å². The Labute approximate surface area is 84.4 Å². The molecule has 4 nitrogen and oxygen atoms in total. The minimum Gasteiger partial charge on any atom is -0.394 e. The number of amides is 2. The molecule has 0 bridgehead atoms. The van der Waals surface area contributed by atoms with Gasteiger partial charge in [0.25, 0.3) is 0 Å². The largest absolute Gasteiger partial charge is 0.394 e. The summed E-state index contributed by atoms with van der Waals surface area (Å²) < 4.78 is 0. The summed E-state index contributed by atoms with van der Waals surface area (Å²) in [5.74, 6) is 0.654. The second-order valence-electron chi connectivity index (χ2n) is 4.34. The molecule has 0 aliphatic heterocycles. The van der Waals surface area contributed by atoms with Gasteiger partial charge in [0, 0.05) is 6.20 Å². The number of aliphatic hydroxyl groups excluding tert-OH is 1. The molecule has 1 aliphatic rings. The molecular weight excluding hydrogens is 180 g/mol. The molecule has 0 aromatic heterocycles. The van der Waals surface area contributed by atoms with E-state index < -0.39 is 5.54 Å². The number of aliphatic hydroxyl groups is 1. The molecule has 1 saturated carbocycles. The molecule has 4 heteroatoms. The van der Waals surface area contributed by atoms with Gasteiger partial charge in [-0.25, -0.2) is 4.79 Å². The minimum absolute atomic E-state index is 0.0766. The van der Waals surface area contributed by atoms with Gasteiger partial charge in [0.05, 0.1) is 12.1 Å². The van der Waals surface area contributed by atoms with E-state index in [1.54, 1.807) is 20.0 Å². The van der Waals surface area contributed by atoms with Crippen LogP contribution in [0.5, 0.6) is 0 Å². The summed E-state index contributed by atoms with van der Waals surface area (Å²) in [4.78, 5) is 11.2. The Bertz CT molecular complexity index is 232. The third-order valence-electron chi connectivity index (χ3n) is 2.05. The average molecular weight is 198 g/mol. The standard InChI is InChI=1S/C10H18N2O2/c1-10(2,7-13)12-9(14)11-6-5-8-3-4-8/h5-6,8,13H,3-4,7H2,1-2H3,(H2,11,12,14)/b6-5+. The van der Waals surface area contributed by atoms with Gasteiger partial charge >= 0.3 is 6.03 Å². The number of nitrogens with one attached hydrogen (secondary N) is 2. The van der Waals surface area contributed by atoms with E-state index in [1.807, 2.05) is 6.08 Å². The highest BCUT2D eigenvalue weighted by Crippen LogP contribution is 2.29. The van der Waals surface area contributed by atoms with Crippen molar-refractivity contribution in [2.45, 2.75) is 32.2 Å². The first-order valence-electron chi connectivity index (χ1n) is 4.90. The average Bonchev–Trinajstić information content (AvgIpc) is 2.87. The highest BCUT2D eigenvalue weighted by molar-refractivity contribution is 5.75. The molecule has 1 rings (SSSR count). The molecule has 3 N–H and O–H groups in total. The first-order valence-corrected chi connectivity index (χ1v) is 4.90. The summed E-state index contributed by atoms with van der Waals surface area (Å²) in [5, 5.41) is 14.2. The Kier molecular flexibility index (Phi) is 3.52. The molecule has 0 spiro atoms. The SMILES string of the molecule is CC(C)(CO)NC(=O)N/C=C/C1CC1. The smallest absolute Gasteiger partial charge is 0.319 e. The van der Waals surface area contributed by atoms with Crippen molar-refractivity contribution in [1.29, 1.82) is 0 Å². The van der Waals surface area contributed by atoms with Gasteiger partial charge < -0.3 is 15.7 Å². The second kappa shape index (κ2) is 4.46. The number of hydrogen-bond acceptors (Lipinski definition) is 2. The molecule has 1 fully saturated rings. The Morgan fingerprint density at radius 2 is 2.21 bits per heavy atom. The van der Waals surface area contributed by atoms with E-state index in [-0.39, 0.29) is 12.6 Å². The highest BCUT2D eigenvalue weighted by Gasteiger charge is 2.19. The van der Waals surface area contributed by atoms with Crippen LogP contribution in [0.15, 0.2) is 12.3 Å². The number of hydrogen-bond donors (Lipinski definition) is 3. The van der Waals surface area contributed by atoms with Crippen LogP contribution in [0.2, 0.25) is 0 Å². The zero-order chi connectivity index (χ0) is 10.6. The third kappa shape index (κ3) is 4.28. The summed E-state index contributed by atoms with van der Waals surface area (Å²) in [7, 11) is 0. The van der Waals surface area contributed by atoms with Gasteiger partial charge in [-0.15, -0.1) is 0 Å². The van der Waals surface area contributed by atoms with E-state index in [4.69, 9.17) is 5.11 Å². The van der Waals surface area contributed by atoms with Crippen molar-refractivity contribution in [3.63, 3.8) is 0 Å². The summed E-state index contributed by atoms with van der Waals surface area (Å²) in [6, 6.07) is -0.277. The molecule has 1 aliphatic carbocycles. The van der Waals surface area contributed by atoms with Crippen molar-refractivity contribution in [2.24, 2.45) is 5.92 Å². The summed E-state index contributed by atoms with van der Waals surface area (Å²) in [5.41, 5.74) is -0.572. The van der Waals surface area contributed by atoms with Crippen molar-refractivity contribution in [3.05, 3.63) is 12.3 Å². The highest BCUT2D eigenvalue weighted by atomic mass is 16.3.